The van der Waals surface area contributed by atoms with E-state index in [4.69, 9.17) is 4.74 Å². The summed E-state index contributed by atoms with van der Waals surface area (Å²) in [6.45, 7) is 5.89. The lowest BCUT2D eigenvalue weighted by atomic mass is 10.0. The number of aryl methyl sites for hydroxylation is 1. The van der Waals surface area contributed by atoms with E-state index in [0.29, 0.717) is 12.6 Å². The first kappa shape index (κ1) is 14.8. The number of methoxy groups -OCH3 is 1. The third kappa shape index (κ3) is 3.69. The molecule has 2 rings (SSSR count). The quantitative estimate of drug-likeness (QED) is 0.856. The summed E-state index contributed by atoms with van der Waals surface area (Å²) in [5.41, 5.74) is 5.24. The summed E-state index contributed by atoms with van der Waals surface area (Å²) in [5, 5.41) is 3.60. The van der Waals surface area contributed by atoms with Gasteiger partial charge >= 0.3 is 0 Å². The Labute approximate surface area is 121 Å². The van der Waals surface area contributed by atoms with Crippen LogP contribution in [0.25, 0.3) is 0 Å². The van der Waals surface area contributed by atoms with Gasteiger partial charge in [0.15, 0.2) is 0 Å². The molecule has 0 spiro atoms. The van der Waals surface area contributed by atoms with Crippen molar-refractivity contribution in [2.24, 2.45) is 0 Å². The van der Waals surface area contributed by atoms with Crippen LogP contribution >= 0.6 is 0 Å². The van der Waals surface area contributed by atoms with Crippen molar-refractivity contribution in [3.05, 3.63) is 70.8 Å². The Bertz CT molecular complexity index is 551. The van der Waals surface area contributed by atoms with Gasteiger partial charge in [-0.05, 0) is 36.1 Å². The molecule has 2 aromatic rings. The molecule has 0 fully saturated rings. The van der Waals surface area contributed by atoms with E-state index in [2.05, 4.69) is 67.7 Å². The second-order valence-electron chi connectivity index (χ2n) is 5.16. The summed E-state index contributed by atoms with van der Waals surface area (Å²) >= 11 is 0. The number of hydrogen-bond acceptors (Lipinski definition) is 2. The molecule has 1 atom stereocenters. The van der Waals surface area contributed by atoms with Gasteiger partial charge in [-0.15, -0.1) is 0 Å². The Morgan fingerprint density at radius 3 is 2.35 bits per heavy atom. The Morgan fingerprint density at radius 2 is 1.65 bits per heavy atom. The Kier molecular flexibility index (Phi) is 5.33. The highest BCUT2D eigenvalue weighted by molar-refractivity contribution is 5.29. The minimum absolute atomic E-state index is 0.340. The summed E-state index contributed by atoms with van der Waals surface area (Å²) in [5.74, 6) is 0. The predicted octanol–water partition coefficient (Wildman–Crippen LogP) is 3.99. The van der Waals surface area contributed by atoms with Crippen molar-refractivity contribution in [3.63, 3.8) is 0 Å². The summed E-state index contributed by atoms with van der Waals surface area (Å²) in [6.07, 6.45) is 0. The fourth-order valence-electron chi connectivity index (χ4n) is 2.47. The monoisotopic (exact) mass is 269 g/mol. The van der Waals surface area contributed by atoms with E-state index in [1.807, 2.05) is 0 Å². The average molecular weight is 269 g/mol. The van der Waals surface area contributed by atoms with Gasteiger partial charge in [0.25, 0.3) is 0 Å². The van der Waals surface area contributed by atoms with Gasteiger partial charge in [-0.3, -0.25) is 0 Å². The minimum Gasteiger partial charge on any atom is -0.380 e. The summed E-state index contributed by atoms with van der Waals surface area (Å²) < 4.78 is 5.25. The molecule has 0 amide bonds. The molecule has 0 aromatic heterocycles. The molecule has 2 heteroatoms. The number of ether oxygens (including phenoxy) is 1. The SMILES string of the molecule is COCc1ccccc1CN[C@@H](C)c1ccccc1C. The van der Waals surface area contributed by atoms with E-state index in [1.54, 1.807) is 7.11 Å². The van der Waals surface area contributed by atoms with Crippen molar-refractivity contribution >= 4 is 0 Å². The predicted molar refractivity (Wildman–Crippen MR) is 83.6 cm³/mol. The lowest BCUT2D eigenvalue weighted by Crippen LogP contribution is -2.19. The smallest absolute Gasteiger partial charge is 0.0716 e. The van der Waals surface area contributed by atoms with Gasteiger partial charge in [0.2, 0.25) is 0 Å². The van der Waals surface area contributed by atoms with Crippen LogP contribution in [0.3, 0.4) is 0 Å². The van der Waals surface area contributed by atoms with Crippen LogP contribution in [-0.2, 0) is 17.9 Å². The first-order valence-corrected chi connectivity index (χ1v) is 7.07. The van der Waals surface area contributed by atoms with E-state index < -0.39 is 0 Å². The third-order valence-corrected chi connectivity index (χ3v) is 3.67. The van der Waals surface area contributed by atoms with E-state index >= 15 is 0 Å². The fraction of sp³-hybridized carbons (Fsp3) is 0.333. The van der Waals surface area contributed by atoms with E-state index in [0.717, 1.165) is 6.54 Å². The first-order valence-electron chi connectivity index (χ1n) is 7.07. The van der Waals surface area contributed by atoms with E-state index in [-0.39, 0.29) is 0 Å². The van der Waals surface area contributed by atoms with Gasteiger partial charge in [0, 0.05) is 19.7 Å². The molecule has 20 heavy (non-hydrogen) atoms. The highest BCUT2D eigenvalue weighted by Crippen LogP contribution is 2.18. The van der Waals surface area contributed by atoms with Gasteiger partial charge in [0.05, 0.1) is 6.61 Å². The van der Waals surface area contributed by atoms with Crippen molar-refractivity contribution in [2.75, 3.05) is 7.11 Å². The average Bonchev–Trinajstić information content (AvgIpc) is 2.47. The van der Waals surface area contributed by atoms with Gasteiger partial charge in [0.1, 0.15) is 0 Å². The second kappa shape index (κ2) is 7.22. The molecule has 0 bridgehead atoms. The van der Waals surface area contributed by atoms with E-state index in [9.17, 15) is 0 Å². The molecule has 1 N–H and O–H groups in total. The Morgan fingerprint density at radius 1 is 1.00 bits per heavy atom. The fourth-order valence-corrected chi connectivity index (χ4v) is 2.47. The summed E-state index contributed by atoms with van der Waals surface area (Å²) in [6, 6.07) is 17.3. The van der Waals surface area contributed by atoms with Crippen LogP contribution in [0.1, 0.15) is 35.2 Å². The molecule has 0 unspecified atom stereocenters. The van der Waals surface area contributed by atoms with Gasteiger partial charge < -0.3 is 10.1 Å². The minimum atomic E-state index is 0.340. The molecule has 0 aliphatic heterocycles. The zero-order valence-corrected chi connectivity index (χ0v) is 12.5. The molecule has 0 radical (unpaired) electrons. The van der Waals surface area contributed by atoms with Crippen LogP contribution in [0.4, 0.5) is 0 Å². The Hall–Kier alpha value is -1.64. The van der Waals surface area contributed by atoms with Crippen molar-refractivity contribution < 1.29 is 4.74 Å². The largest absolute Gasteiger partial charge is 0.380 e. The maximum atomic E-state index is 5.25. The van der Waals surface area contributed by atoms with Gasteiger partial charge in [-0.1, -0.05) is 48.5 Å². The van der Waals surface area contributed by atoms with Crippen molar-refractivity contribution in [2.45, 2.75) is 33.0 Å². The molecule has 0 aliphatic carbocycles. The standard InChI is InChI=1S/C18H23NO/c1-14-8-4-7-11-18(14)15(2)19-12-16-9-5-6-10-17(16)13-20-3/h4-11,15,19H,12-13H2,1-3H3/t15-/m0/s1. The molecule has 0 saturated carbocycles. The Balaban J connectivity index is 2.04. The molecule has 0 aliphatic rings. The molecular weight excluding hydrogens is 246 g/mol. The van der Waals surface area contributed by atoms with Crippen molar-refractivity contribution in [1.29, 1.82) is 0 Å². The van der Waals surface area contributed by atoms with Crippen LogP contribution in [0.15, 0.2) is 48.5 Å². The van der Waals surface area contributed by atoms with Gasteiger partial charge in [-0.25, -0.2) is 0 Å². The number of rotatable bonds is 6. The number of benzene rings is 2. The summed E-state index contributed by atoms with van der Waals surface area (Å²) in [4.78, 5) is 0. The zero-order chi connectivity index (χ0) is 14.4. The third-order valence-electron chi connectivity index (χ3n) is 3.67. The van der Waals surface area contributed by atoms with Crippen molar-refractivity contribution in [3.8, 4) is 0 Å². The zero-order valence-electron chi connectivity index (χ0n) is 12.5. The summed E-state index contributed by atoms with van der Waals surface area (Å²) in [7, 11) is 1.74. The van der Waals surface area contributed by atoms with Crippen LogP contribution in [0.2, 0.25) is 0 Å². The molecule has 2 nitrogen and oxygen atoms in total. The molecule has 0 heterocycles. The molecule has 0 saturated heterocycles. The second-order valence-corrected chi connectivity index (χ2v) is 5.16. The van der Waals surface area contributed by atoms with Crippen LogP contribution < -0.4 is 5.32 Å². The molecule has 106 valence electrons. The maximum absolute atomic E-state index is 5.25. The lowest BCUT2D eigenvalue weighted by molar-refractivity contribution is 0.184. The van der Waals surface area contributed by atoms with Crippen LogP contribution in [0, 0.1) is 6.92 Å². The first-order chi connectivity index (χ1) is 9.72. The maximum Gasteiger partial charge on any atom is 0.0716 e. The van der Waals surface area contributed by atoms with E-state index in [1.165, 1.54) is 22.3 Å². The number of hydrogen-bond donors (Lipinski definition) is 1. The topological polar surface area (TPSA) is 21.3 Å². The lowest BCUT2D eigenvalue weighted by Gasteiger charge is -2.18. The van der Waals surface area contributed by atoms with Crippen LogP contribution in [0.5, 0.6) is 0 Å². The molecule has 2 aromatic carbocycles. The van der Waals surface area contributed by atoms with Gasteiger partial charge in [-0.2, -0.15) is 0 Å². The number of nitrogens with one attached hydrogen (secondary N) is 1. The highest BCUT2D eigenvalue weighted by atomic mass is 16.5. The van der Waals surface area contributed by atoms with Crippen molar-refractivity contribution in [1.82, 2.24) is 5.32 Å². The highest BCUT2D eigenvalue weighted by Gasteiger charge is 2.08. The van der Waals surface area contributed by atoms with Crippen LogP contribution in [-0.4, -0.2) is 7.11 Å². The normalized spacial score (nSPS) is 12.3. The molecular formula is C18H23NO.